The summed E-state index contributed by atoms with van der Waals surface area (Å²) in [6.45, 7) is 0. The summed E-state index contributed by atoms with van der Waals surface area (Å²) < 4.78 is 13.4. The van der Waals surface area contributed by atoms with Crippen molar-refractivity contribution >= 4 is 39.1 Å². The number of hydrogen-bond donors (Lipinski definition) is 2. The number of nitrogens with zero attached hydrogens (tertiary/aromatic N) is 1. The predicted molar refractivity (Wildman–Crippen MR) is 73.0 cm³/mol. The van der Waals surface area contributed by atoms with Gasteiger partial charge in [0, 0.05) is 10.7 Å². The van der Waals surface area contributed by atoms with Crippen molar-refractivity contribution in [1.29, 1.82) is 0 Å². The molecule has 0 radical (unpaired) electrons. The summed E-state index contributed by atoms with van der Waals surface area (Å²) in [5, 5.41) is 11.8. The first-order valence-electron chi connectivity index (χ1n) is 5.07. The van der Waals surface area contributed by atoms with Gasteiger partial charge in [0.05, 0.1) is 22.5 Å². The van der Waals surface area contributed by atoms with Crippen molar-refractivity contribution in [3.63, 3.8) is 0 Å². The Hall–Kier alpha value is -1.66. The lowest BCUT2D eigenvalue weighted by molar-refractivity contribution is 0.102. The average molecular weight is 346 g/mol. The Morgan fingerprint density at radius 3 is 2.74 bits per heavy atom. The van der Waals surface area contributed by atoms with E-state index in [1.54, 1.807) is 0 Å². The third kappa shape index (κ3) is 3.21. The molecule has 0 unspecified atom stereocenters. The zero-order valence-corrected chi connectivity index (χ0v) is 11.7. The monoisotopic (exact) mass is 344 g/mol. The molecule has 0 fully saturated rings. The van der Waals surface area contributed by atoms with Crippen LogP contribution in [-0.2, 0) is 0 Å². The Balaban J connectivity index is 2.29. The maximum Gasteiger partial charge on any atom is 0.257 e. The number of aromatic nitrogens is 1. The second kappa shape index (κ2) is 5.54. The van der Waals surface area contributed by atoms with E-state index in [1.807, 2.05) is 0 Å². The zero-order valence-electron chi connectivity index (χ0n) is 9.32. The molecular formula is C12H7BrClFN2O2. The Bertz CT molecular complexity index is 628. The van der Waals surface area contributed by atoms with Gasteiger partial charge in [0.2, 0.25) is 0 Å². The highest BCUT2D eigenvalue weighted by atomic mass is 79.9. The molecule has 0 saturated carbocycles. The normalized spacial score (nSPS) is 10.3. The molecule has 0 spiro atoms. The van der Waals surface area contributed by atoms with Gasteiger partial charge < -0.3 is 10.4 Å². The first-order valence-corrected chi connectivity index (χ1v) is 6.24. The molecule has 1 amide bonds. The molecule has 2 rings (SSSR count). The van der Waals surface area contributed by atoms with Crippen LogP contribution in [-0.4, -0.2) is 16.0 Å². The number of carbonyl (C=O) groups excluding carboxylic acids is 1. The molecule has 1 aromatic heterocycles. The van der Waals surface area contributed by atoms with Crippen molar-refractivity contribution in [2.24, 2.45) is 0 Å². The van der Waals surface area contributed by atoms with E-state index in [1.165, 1.54) is 24.5 Å². The number of hydrogen-bond acceptors (Lipinski definition) is 3. The number of aromatic hydroxyl groups is 1. The molecule has 1 heterocycles. The van der Waals surface area contributed by atoms with Gasteiger partial charge in [-0.1, -0.05) is 11.6 Å². The van der Waals surface area contributed by atoms with E-state index in [4.69, 9.17) is 11.6 Å². The van der Waals surface area contributed by atoms with Crippen LogP contribution in [0.15, 0.2) is 35.1 Å². The lowest BCUT2D eigenvalue weighted by atomic mass is 10.2. The molecule has 0 aliphatic heterocycles. The fourth-order valence-electron chi connectivity index (χ4n) is 1.40. The molecule has 0 saturated heterocycles. The largest absolute Gasteiger partial charge is 0.506 e. The Morgan fingerprint density at radius 2 is 2.11 bits per heavy atom. The van der Waals surface area contributed by atoms with Crippen molar-refractivity contribution in [2.75, 3.05) is 5.32 Å². The average Bonchev–Trinajstić information content (AvgIpc) is 2.33. The molecule has 19 heavy (non-hydrogen) atoms. The van der Waals surface area contributed by atoms with Gasteiger partial charge in [-0.05, 0) is 34.1 Å². The number of nitrogens with one attached hydrogen (secondary N) is 1. The minimum absolute atomic E-state index is 0.0633. The van der Waals surface area contributed by atoms with E-state index >= 15 is 0 Å². The van der Waals surface area contributed by atoms with Crippen LogP contribution in [0.2, 0.25) is 5.02 Å². The van der Waals surface area contributed by atoms with Crippen molar-refractivity contribution in [2.45, 2.75) is 0 Å². The van der Waals surface area contributed by atoms with Crippen LogP contribution in [0, 0.1) is 5.82 Å². The van der Waals surface area contributed by atoms with Crippen molar-refractivity contribution in [1.82, 2.24) is 4.98 Å². The second-order valence-electron chi connectivity index (χ2n) is 3.63. The number of carbonyl (C=O) groups is 1. The van der Waals surface area contributed by atoms with Gasteiger partial charge in [-0.2, -0.15) is 0 Å². The summed E-state index contributed by atoms with van der Waals surface area (Å²) in [5.74, 6) is -1.16. The van der Waals surface area contributed by atoms with Crippen LogP contribution in [0.5, 0.6) is 5.75 Å². The number of halogens is 3. The third-order valence-corrected chi connectivity index (χ3v) is 3.15. The number of pyridine rings is 1. The number of benzene rings is 1. The van der Waals surface area contributed by atoms with Crippen LogP contribution in [0.4, 0.5) is 10.1 Å². The van der Waals surface area contributed by atoms with Crippen LogP contribution in [0.1, 0.15) is 10.4 Å². The lowest BCUT2D eigenvalue weighted by Crippen LogP contribution is -2.13. The molecule has 0 atom stereocenters. The molecule has 98 valence electrons. The topological polar surface area (TPSA) is 62.2 Å². The molecular weight excluding hydrogens is 338 g/mol. The van der Waals surface area contributed by atoms with E-state index in [0.29, 0.717) is 4.47 Å². The predicted octanol–water partition coefficient (Wildman–Crippen LogP) is 3.59. The van der Waals surface area contributed by atoms with Gasteiger partial charge in [-0.25, -0.2) is 4.39 Å². The van der Waals surface area contributed by atoms with Crippen LogP contribution in [0.3, 0.4) is 0 Å². The maximum absolute atomic E-state index is 13.1. The quantitative estimate of drug-likeness (QED) is 0.874. The molecule has 7 heteroatoms. The van der Waals surface area contributed by atoms with Crippen molar-refractivity contribution in [3.05, 3.63) is 51.5 Å². The van der Waals surface area contributed by atoms with Gasteiger partial charge in [0.25, 0.3) is 5.91 Å². The summed E-state index contributed by atoms with van der Waals surface area (Å²) in [6, 6.07) is 3.53. The molecule has 2 aromatic rings. The third-order valence-electron chi connectivity index (χ3n) is 2.23. The SMILES string of the molecule is O=C(Nc1c(Cl)cc(F)cc1Br)c1cncc(O)c1. The highest BCUT2D eigenvalue weighted by Crippen LogP contribution is 2.32. The van der Waals surface area contributed by atoms with E-state index in [9.17, 15) is 14.3 Å². The Labute approximate surface area is 121 Å². The molecule has 0 bridgehead atoms. The summed E-state index contributed by atoms with van der Waals surface area (Å²) in [7, 11) is 0. The van der Waals surface area contributed by atoms with Gasteiger partial charge in [-0.3, -0.25) is 9.78 Å². The number of amides is 1. The highest BCUT2D eigenvalue weighted by molar-refractivity contribution is 9.10. The smallest absolute Gasteiger partial charge is 0.257 e. The van der Waals surface area contributed by atoms with E-state index < -0.39 is 11.7 Å². The highest BCUT2D eigenvalue weighted by Gasteiger charge is 2.13. The summed E-state index contributed by atoms with van der Waals surface area (Å²) in [6.07, 6.45) is 2.50. The summed E-state index contributed by atoms with van der Waals surface area (Å²) in [5.41, 5.74) is 0.406. The van der Waals surface area contributed by atoms with Gasteiger partial charge in [0.15, 0.2) is 0 Å². The molecule has 4 nitrogen and oxygen atoms in total. The van der Waals surface area contributed by atoms with Gasteiger partial charge in [-0.15, -0.1) is 0 Å². The molecule has 2 N–H and O–H groups in total. The number of rotatable bonds is 2. The Morgan fingerprint density at radius 1 is 1.37 bits per heavy atom. The first kappa shape index (κ1) is 13.8. The standard InChI is InChI=1S/C12H7BrClFN2O2/c13-9-2-7(15)3-10(14)11(9)17-12(19)6-1-8(18)5-16-4-6/h1-5,18H,(H,17,19). The van der Waals surface area contributed by atoms with Crippen LogP contribution in [0.25, 0.3) is 0 Å². The minimum Gasteiger partial charge on any atom is -0.506 e. The van der Waals surface area contributed by atoms with Crippen molar-refractivity contribution < 1.29 is 14.3 Å². The lowest BCUT2D eigenvalue weighted by Gasteiger charge is -2.09. The van der Waals surface area contributed by atoms with E-state index in [2.05, 4.69) is 26.2 Å². The fourth-order valence-corrected chi connectivity index (χ4v) is 2.30. The second-order valence-corrected chi connectivity index (χ2v) is 4.89. The molecule has 1 aromatic carbocycles. The maximum atomic E-state index is 13.1. The van der Waals surface area contributed by atoms with Crippen LogP contribution < -0.4 is 5.32 Å². The van der Waals surface area contributed by atoms with Gasteiger partial charge in [0.1, 0.15) is 11.6 Å². The first-order chi connectivity index (χ1) is 8.97. The molecule has 0 aliphatic carbocycles. The molecule has 0 aliphatic rings. The van der Waals surface area contributed by atoms with Gasteiger partial charge >= 0.3 is 0 Å². The van der Waals surface area contributed by atoms with E-state index in [0.717, 1.165) is 6.07 Å². The van der Waals surface area contributed by atoms with E-state index in [-0.39, 0.29) is 22.0 Å². The summed E-state index contributed by atoms with van der Waals surface area (Å²) >= 11 is 8.96. The fraction of sp³-hybridized carbons (Fsp3) is 0. The van der Waals surface area contributed by atoms with Crippen molar-refractivity contribution in [3.8, 4) is 5.75 Å². The number of anilines is 1. The summed E-state index contributed by atoms with van der Waals surface area (Å²) in [4.78, 5) is 15.6. The van der Waals surface area contributed by atoms with Crippen LogP contribution >= 0.6 is 27.5 Å². The Kier molecular flexibility index (Phi) is 4.01. The minimum atomic E-state index is -0.520. The zero-order chi connectivity index (χ0) is 14.0.